The van der Waals surface area contributed by atoms with Gasteiger partial charge in [-0.15, -0.1) is 0 Å². The van der Waals surface area contributed by atoms with Crippen LogP contribution >= 0.6 is 0 Å². The number of hydrogen-bond acceptors (Lipinski definition) is 3. The minimum absolute atomic E-state index is 0.0447. The van der Waals surface area contributed by atoms with Gasteiger partial charge in [-0.1, -0.05) is 6.92 Å². The first-order valence-corrected chi connectivity index (χ1v) is 5.13. The fraction of sp³-hybridized carbons (Fsp3) is 0.455. The molecule has 0 saturated carbocycles. The molecule has 15 heavy (non-hydrogen) atoms. The summed E-state index contributed by atoms with van der Waals surface area (Å²) < 4.78 is 0. The lowest BCUT2D eigenvalue weighted by molar-refractivity contribution is -0.384. The zero-order valence-corrected chi connectivity index (χ0v) is 8.69. The summed E-state index contributed by atoms with van der Waals surface area (Å²) in [6, 6.07) is 3.40. The second-order valence-electron chi connectivity index (χ2n) is 4.28. The average molecular weight is 206 g/mol. The predicted molar refractivity (Wildman–Crippen MR) is 58.7 cm³/mol. The summed E-state index contributed by atoms with van der Waals surface area (Å²) in [5.74, 6) is 0.651. The van der Waals surface area contributed by atoms with Crippen LogP contribution in [-0.2, 0) is 12.8 Å². The van der Waals surface area contributed by atoms with Crippen LogP contribution in [0.3, 0.4) is 0 Å². The van der Waals surface area contributed by atoms with E-state index in [1.165, 1.54) is 5.56 Å². The average Bonchev–Trinajstić information content (AvgIpc) is 2.15. The summed E-state index contributed by atoms with van der Waals surface area (Å²) >= 11 is 0. The normalized spacial score (nSPS) is 19.7. The molecule has 80 valence electrons. The lowest BCUT2D eigenvalue weighted by Crippen LogP contribution is -2.12. The van der Waals surface area contributed by atoms with Crippen molar-refractivity contribution in [3.63, 3.8) is 0 Å². The zero-order valence-electron chi connectivity index (χ0n) is 8.69. The Morgan fingerprint density at radius 2 is 2.20 bits per heavy atom. The van der Waals surface area contributed by atoms with Gasteiger partial charge in [-0.25, -0.2) is 0 Å². The van der Waals surface area contributed by atoms with Crippen LogP contribution in [0, 0.1) is 16.0 Å². The molecule has 0 saturated heterocycles. The van der Waals surface area contributed by atoms with Crippen molar-refractivity contribution in [2.75, 3.05) is 5.73 Å². The molecule has 4 heteroatoms. The molecule has 0 bridgehead atoms. The Labute approximate surface area is 88.2 Å². The number of nitrogens with zero attached hydrogens (tertiary/aromatic N) is 1. The predicted octanol–water partition coefficient (Wildman–Crippen LogP) is 2.30. The maximum atomic E-state index is 10.7. The highest BCUT2D eigenvalue weighted by atomic mass is 16.6. The molecule has 1 aromatic carbocycles. The molecule has 0 spiro atoms. The van der Waals surface area contributed by atoms with E-state index in [9.17, 15) is 10.1 Å². The van der Waals surface area contributed by atoms with Crippen LogP contribution in [0.5, 0.6) is 0 Å². The third-order valence-electron chi connectivity index (χ3n) is 3.02. The standard InChI is InChI=1S/C11H14N2O2/c1-7-2-3-8-6-11(13(14)15)10(12)5-9(8)4-7/h5-7H,2-4,12H2,1H3. The smallest absolute Gasteiger partial charge is 0.292 e. The number of nitrogen functional groups attached to an aromatic ring is 1. The topological polar surface area (TPSA) is 69.2 Å². The molecule has 1 aliphatic carbocycles. The van der Waals surface area contributed by atoms with Crippen molar-refractivity contribution < 1.29 is 4.92 Å². The summed E-state index contributed by atoms with van der Waals surface area (Å²) in [7, 11) is 0. The summed E-state index contributed by atoms with van der Waals surface area (Å²) in [5.41, 5.74) is 8.25. The summed E-state index contributed by atoms with van der Waals surface area (Å²) in [6.45, 7) is 2.19. The van der Waals surface area contributed by atoms with Crippen molar-refractivity contribution >= 4 is 11.4 Å². The van der Waals surface area contributed by atoms with E-state index < -0.39 is 4.92 Å². The number of nitro groups is 1. The first-order valence-electron chi connectivity index (χ1n) is 5.13. The van der Waals surface area contributed by atoms with E-state index in [0.29, 0.717) is 5.92 Å². The van der Waals surface area contributed by atoms with Gasteiger partial charge in [-0.05, 0) is 42.4 Å². The molecule has 0 aliphatic heterocycles. The molecule has 1 atom stereocenters. The molecule has 0 amide bonds. The quantitative estimate of drug-likeness (QED) is 0.435. The highest BCUT2D eigenvalue weighted by Crippen LogP contribution is 2.32. The highest BCUT2D eigenvalue weighted by molar-refractivity contribution is 5.62. The van der Waals surface area contributed by atoms with E-state index in [2.05, 4.69) is 6.92 Å². The van der Waals surface area contributed by atoms with Gasteiger partial charge in [0, 0.05) is 6.07 Å². The fourth-order valence-corrected chi connectivity index (χ4v) is 2.16. The number of benzene rings is 1. The Balaban J connectivity index is 2.46. The van der Waals surface area contributed by atoms with Gasteiger partial charge in [0.15, 0.2) is 0 Å². The molecule has 1 unspecified atom stereocenters. The Kier molecular flexibility index (Phi) is 2.34. The van der Waals surface area contributed by atoms with Crippen molar-refractivity contribution in [1.29, 1.82) is 0 Å². The number of nitrogens with two attached hydrogens (primary N) is 1. The first-order chi connectivity index (χ1) is 7.08. The number of fused-ring (bicyclic) bond motifs is 1. The summed E-state index contributed by atoms with van der Waals surface area (Å²) in [4.78, 5) is 10.3. The molecule has 0 fully saturated rings. The van der Waals surface area contributed by atoms with Crippen LogP contribution in [0.1, 0.15) is 24.5 Å². The molecule has 0 radical (unpaired) electrons. The van der Waals surface area contributed by atoms with Gasteiger partial charge < -0.3 is 5.73 Å². The molecule has 0 aromatic heterocycles. The van der Waals surface area contributed by atoms with Gasteiger partial charge in [-0.3, -0.25) is 10.1 Å². The van der Waals surface area contributed by atoms with E-state index in [1.807, 2.05) is 0 Å². The van der Waals surface area contributed by atoms with Gasteiger partial charge in [-0.2, -0.15) is 0 Å². The summed E-state index contributed by atoms with van der Waals surface area (Å²) in [6.07, 6.45) is 3.02. The maximum Gasteiger partial charge on any atom is 0.292 e. The highest BCUT2D eigenvalue weighted by Gasteiger charge is 2.20. The van der Waals surface area contributed by atoms with Crippen molar-refractivity contribution in [3.05, 3.63) is 33.4 Å². The molecule has 0 heterocycles. The van der Waals surface area contributed by atoms with Crippen LogP contribution in [0.25, 0.3) is 0 Å². The second kappa shape index (κ2) is 3.53. The maximum absolute atomic E-state index is 10.7. The minimum atomic E-state index is -0.409. The van der Waals surface area contributed by atoms with Crippen molar-refractivity contribution in [2.24, 2.45) is 5.92 Å². The van der Waals surface area contributed by atoms with Crippen LogP contribution in [0.4, 0.5) is 11.4 Å². The van der Waals surface area contributed by atoms with E-state index in [1.54, 1.807) is 12.1 Å². The van der Waals surface area contributed by atoms with Crippen LogP contribution < -0.4 is 5.73 Å². The monoisotopic (exact) mass is 206 g/mol. The Morgan fingerprint density at radius 3 is 2.87 bits per heavy atom. The third-order valence-corrected chi connectivity index (χ3v) is 3.02. The van der Waals surface area contributed by atoms with Gasteiger partial charge in [0.25, 0.3) is 5.69 Å². The van der Waals surface area contributed by atoms with Crippen molar-refractivity contribution in [2.45, 2.75) is 26.2 Å². The first kappa shape index (κ1) is 9.96. The van der Waals surface area contributed by atoms with E-state index in [4.69, 9.17) is 5.73 Å². The molecule has 2 N–H and O–H groups in total. The lowest BCUT2D eigenvalue weighted by atomic mass is 9.84. The van der Waals surface area contributed by atoms with Gasteiger partial charge in [0.05, 0.1) is 4.92 Å². The molecular weight excluding hydrogens is 192 g/mol. The number of anilines is 1. The third kappa shape index (κ3) is 1.79. The summed E-state index contributed by atoms with van der Waals surface area (Å²) in [5, 5.41) is 10.7. The molecule has 4 nitrogen and oxygen atoms in total. The molecule has 2 rings (SSSR count). The fourth-order valence-electron chi connectivity index (χ4n) is 2.16. The number of aryl methyl sites for hydroxylation is 1. The van der Waals surface area contributed by atoms with Crippen LogP contribution in [0.2, 0.25) is 0 Å². The van der Waals surface area contributed by atoms with Crippen molar-refractivity contribution in [1.82, 2.24) is 0 Å². The molecule has 1 aliphatic rings. The van der Waals surface area contributed by atoms with E-state index in [-0.39, 0.29) is 11.4 Å². The number of hydrogen-bond donors (Lipinski definition) is 1. The van der Waals surface area contributed by atoms with Crippen LogP contribution in [-0.4, -0.2) is 4.92 Å². The molecular formula is C11H14N2O2. The Bertz CT molecular complexity index is 415. The number of nitro benzene ring substituents is 1. The van der Waals surface area contributed by atoms with E-state index >= 15 is 0 Å². The van der Waals surface area contributed by atoms with Gasteiger partial charge >= 0.3 is 0 Å². The van der Waals surface area contributed by atoms with Gasteiger partial charge in [0.2, 0.25) is 0 Å². The Hall–Kier alpha value is -1.58. The molecule has 1 aromatic rings. The van der Waals surface area contributed by atoms with Crippen LogP contribution in [0.15, 0.2) is 12.1 Å². The van der Waals surface area contributed by atoms with E-state index in [0.717, 1.165) is 24.8 Å². The zero-order chi connectivity index (χ0) is 11.0. The van der Waals surface area contributed by atoms with Gasteiger partial charge in [0.1, 0.15) is 5.69 Å². The largest absolute Gasteiger partial charge is 0.393 e. The Morgan fingerprint density at radius 1 is 1.47 bits per heavy atom. The lowest BCUT2D eigenvalue weighted by Gasteiger charge is -2.21. The second-order valence-corrected chi connectivity index (χ2v) is 4.28. The SMILES string of the molecule is CC1CCc2cc([N+](=O)[O-])c(N)cc2C1. The minimum Gasteiger partial charge on any atom is -0.393 e. The van der Waals surface area contributed by atoms with Crippen molar-refractivity contribution in [3.8, 4) is 0 Å². The number of rotatable bonds is 1.